The number of aliphatic hydroxyl groups excluding tert-OH is 1. The molecule has 1 N–H and O–H groups in total. The molecule has 2 aromatic carbocycles. The first-order chi connectivity index (χ1) is 10.1. The smallest absolute Gasteiger partial charge is 0.0503 e. The Kier molecular flexibility index (Phi) is 6.13. The molecule has 0 amide bonds. The van der Waals surface area contributed by atoms with Gasteiger partial charge in [0.1, 0.15) is 0 Å². The molecule has 2 rings (SSSR count). The van der Waals surface area contributed by atoms with Gasteiger partial charge in [-0.2, -0.15) is 0 Å². The van der Waals surface area contributed by atoms with Crippen LogP contribution in [0.3, 0.4) is 0 Å². The van der Waals surface area contributed by atoms with Crippen molar-refractivity contribution in [1.82, 2.24) is 0 Å². The topological polar surface area (TPSA) is 20.2 Å². The fourth-order valence-electron chi connectivity index (χ4n) is 2.10. The second-order valence-electron chi connectivity index (χ2n) is 4.70. The van der Waals surface area contributed by atoms with Gasteiger partial charge in [-0.05, 0) is 35.7 Å². The van der Waals surface area contributed by atoms with E-state index in [1.165, 1.54) is 0 Å². The van der Waals surface area contributed by atoms with E-state index in [4.69, 9.17) is 34.8 Å². The van der Waals surface area contributed by atoms with Crippen LogP contribution in [-0.4, -0.2) is 11.7 Å². The van der Waals surface area contributed by atoms with Gasteiger partial charge >= 0.3 is 0 Å². The number of rotatable bonds is 5. The molecule has 21 heavy (non-hydrogen) atoms. The first-order valence-electron chi connectivity index (χ1n) is 6.58. The number of benzene rings is 2. The van der Waals surface area contributed by atoms with Crippen LogP contribution >= 0.6 is 34.8 Å². The van der Waals surface area contributed by atoms with E-state index in [1.807, 2.05) is 42.5 Å². The fraction of sp³-hybridized carbons (Fsp3) is 0.176. The Labute approximate surface area is 139 Å². The Bertz CT molecular complexity index is 638. The van der Waals surface area contributed by atoms with Gasteiger partial charge in [-0.3, -0.25) is 0 Å². The third-order valence-corrected chi connectivity index (χ3v) is 4.15. The summed E-state index contributed by atoms with van der Waals surface area (Å²) in [5, 5.41) is 11.4. The van der Waals surface area contributed by atoms with Crippen molar-refractivity contribution in [3.05, 3.63) is 74.7 Å². The van der Waals surface area contributed by atoms with E-state index in [1.54, 1.807) is 12.1 Å². The summed E-state index contributed by atoms with van der Waals surface area (Å²) in [4.78, 5) is 0. The lowest BCUT2D eigenvalue weighted by atomic mass is 9.96. The predicted octanol–water partition coefficient (Wildman–Crippen LogP) is 5.83. The molecule has 0 heterocycles. The highest BCUT2D eigenvalue weighted by Gasteiger charge is 2.12. The Morgan fingerprint density at radius 3 is 2.43 bits per heavy atom. The minimum atomic E-state index is -0.0616. The van der Waals surface area contributed by atoms with Crippen LogP contribution in [0.25, 0.3) is 6.08 Å². The first-order valence-corrected chi connectivity index (χ1v) is 7.72. The lowest BCUT2D eigenvalue weighted by Gasteiger charge is -2.14. The van der Waals surface area contributed by atoms with Gasteiger partial charge in [0.05, 0.1) is 6.61 Å². The highest BCUT2D eigenvalue weighted by Crippen LogP contribution is 2.30. The maximum Gasteiger partial charge on any atom is 0.0503 e. The zero-order valence-corrected chi connectivity index (χ0v) is 13.5. The second-order valence-corrected chi connectivity index (χ2v) is 5.96. The largest absolute Gasteiger partial charge is 0.396 e. The summed E-state index contributed by atoms with van der Waals surface area (Å²) in [7, 11) is 0. The Balaban J connectivity index is 2.11. The number of allylic oxidation sites excluding steroid dienone is 1. The summed E-state index contributed by atoms with van der Waals surface area (Å²) in [6, 6.07) is 13.0. The Morgan fingerprint density at radius 2 is 1.76 bits per heavy atom. The quantitative estimate of drug-likeness (QED) is 0.726. The van der Waals surface area contributed by atoms with Crippen molar-refractivity contribution in [2.45, 2.75) is 12.3 Å². The van der Waals surface area contributed by atoms with Gasteiger partial charge in [0.15, 0.2) is 0 Å². The van der Waals surface area contributed by atoms with Crippen LogP contribution < -0.4 is 0 Å². The molecule has 0 radical (unpaired) electrons. The average Bonchev–Trinajstić information content (AvgIpc) is 2.46. The van der Waals surface area contributed by atoms with E-state index in [0.29, 0.717) is 21.5 Å². The van der Waals surface area contributed by atoms with E-state index in [0.717, 1.165) is 11.1 Å². The van der Waals surface area contributed by atoms with E-state index in [-0.39, 0.29) is 12.5 Å². The van der Waals surface area contributed by atoms with Crippen molar-refractivity contribution in [3.63, 3.8) is 0 Å². The highest BCUT2D eigenvalue weighted by atomic mass is 35.5. The van der Waals surface area contributed by atoms with Gasteiger partial charge in [0.2, 0.25) is 0 Å². The Hall–Kier alpha value is -0.990. The summed E-state index contributed by atoms with van der Waals surface area (Å²) < 4.78 is 0. The van der Waals surface area contributed by atoms with Crippen LogP contribution in [0.5, 0.6) is 0 Å². The van der Waals surface area contributed by atoms with Crippen LogP contribution in [0.2, 0.25) is 15.1 Å². The predicted molar refractivity (Wildman–Crippen MR) is 91.4 cm³/mol. The summed E-state index contributed by atoms with van der Waals surface area (Å²) in [5.74, 6) is -0.0616. The molecule has 1 nitrogen and oxygen atoms in total. The zero-order chi connectivity index (χ0) is 15.2. The normalized spacial score (nSPS) is 12.8. The molecule has 2 aromatic rings. The van der Waals surface area contributed by atoms with Gasteiger partial charge in [0, 0.05) is 21.0 Å². The summed E-state index contributed by atoms with van der Waals surface area (Å²) in [6.45, 7) is 0.0220. The molecule has 0 saturated heterocycles. The van der Waals surface area contributed by atoms with Crippen molar-refractivity contribution in [2.24, 2.45) is 0 Å². The second kappa shape index (κ2) is 7.86. The number of aliphatic hydroxyl groups is 1. The minimum absolute atomic E-state index is 0.0220. The molecule has 0 aliphatic heterocycles. The molecule has 0 spiro atoms. The fourth-order valence-corrected chi connectivity index (χ4v) is 2.86. The van der Waals surface area contributed by atoms with Crippen LogP contribution in [0.1, 0.15) is 23.5 Å². The van der Waals surface area contributed by atoms with E-state index in [2.05, 4.69) is 0 Å². The van der Waals surface area contributed by atoms with Gasteiger partial charge in [-0.15, -0.1) is 0 Å². The molecular formula is C17H15Cl3O. The van der Waals surface area contributed by atoms with Crippen molar-refractivity contribution in [3.8, 4) is 0 Å². The van der Waals surface area contributed by atoms with Crippen LogP contribution in [0, 0.1) is 0 Å². The van der Waals surface area contributed by atoms with E-state index >= 15 is 0 Å². The molecule has 110 valence electrons. The van der Waals surface area contributed by atoms with Crippen LogP contribution in [0.15, 0.2) is 48.5 Å². The Morgan fingerprint density at radius 1 is 1.00 bits per heavy atom. The molecule has 0 aliphatic carbocycles. The average molecular weight is 342 g/mol. The van der Waals surface area contributed by atoms with Crippen molar-refractivity contribution in [2.75, 3.05) is 6.61 Å². The molecule has 0 aromatic heterocycles. The van der Waals surface area contributed by atoms with Gasteiger partial charge in [-0.1, -0.05) is 71.2 Å². The van der Waals surface area contributed by atoms with Gasteiger partial charge in [-0.25, -0.2) is 0 Å². The zero-order valence-electron chi connectivity index (χ0n) is 11.3. The van der Waals surface area contributed by atoms with Crippen molar-refractivity contribution >= 4 is 40.9 Å². The summed E-state index contributed by atoms with van der Waals surface area (Å²) in [5.41, 5.74) is 1.85. The molecule has 0 aliphatic rings. The number of halogens is 3. The lowest BCUT2D eigenvalue weighted by Crippen LogP contribution is -2.03. The van der Waals surface area contributed by atoms with Gasteiger partial charge in [0.25, 0.3) is 0 Å². The maximum absolute atomic E-state index is 9.57. The third kappa shape index (κ3) is 4.49. The highest BCUT2D eigenvalue weighted by molar-refractivity contribution is 6.35. The molecule has 1 atom stereocenters. The monoisotopic (exact) mass is 340 g/mol. The molecule has 0 fully saturated rings. The third-order valence-electron chi connectivity index (χ3n) is 3.25. The number of hydrogen-bond donors (Lipinski definition) is 1. The van der Waals surface area contributed by atoms with E-state index in [9.17, 15) is 5.11 Å². The molecular weight excluding hydrogens is 327 g/mol. The summed E-state index contributed by atoms with van der Waals surface area (Å²) in [6.07, 6.45) is 4.62. The molecule has 4 heteroatoms. The SMILES string of the molecule is OCC(C/C=C/c1ccccc1Cl)c1ccc(Cl)cc1Cl. The van der Waals surface area contributed by atoms with Crippen LogP contribution in [-0.2, 0) is 0 Å². The number of hydrogen-bond acceptors (Lipinski definition) is 1. The molecule has 1 unspecified atom stereocenters. The lowest BCUT2D eigenvalue weighted by molar-refractivity contribution is 0.266. The minimum Gasteiger partial charge on any atom is -0.396 e. The van der Waals surface area contributed by atoms with Crippen molar-refractivity contribution < 1.29 is 5.11 Å². The van der Waals surface area contributed by atoms with E-state index < -0.39 is 0 Å². The van der Waals surface area contributed by atoms with Gasteiger partial charge < -0.3 is 5.11 Å². The molecule has 0 saturated carbocycles. The maximum atomic E-state index is 9.57. The summed E-state index contributed by atoms with van der Waals surface area (Å²) >= 11 is 18.2. The van der Waals surface area contributed by atoms with Crippen molar-refractivity contribution in [1.29, 1.82) is 0 Å². The first kappa shape index (κ1) is 16.4. The molecule has 0 bridgehead atoms. The van der Waals surface area contributed by atoms with Crippen LogP contribution in [0.4, 0.5) is 0 Å². The standard InChI is InChI=1S/C17H15Cl3O/c18-14-8-9-15(17(20)10-14)13(11-21)6-3-5-12-4-1-2-7-16(12)19/h1-5,7-10,13,21H,6,11H2/b5-3+.